The van der Waals surface area contributed by atoms with Gasteiger partial charge in [0, 0.05) is 24.4 Å². The zero-order valence-corrected chi connectivity index (χ0v) is 22.3. The molecule has 1 atom stereocenters. The first-order chi connectivity index (χ1) is 19.9. The number of amides is 2. The zero-order chi connectivity index (χ0) is 30.8. The molecule has 2 aliphatic rings. The van der Waals surface area contributed by atoms with Crippen LogP contribution in [-0.4, -0.2) is 59.5 Å². The Hall–Kier alpha value is -5.01. The summed E-state index contributed by atoms with van der Waals surface area (Å²) in [6.45, 7) is 1.84. The molecule has 0 aliphatic carbocycles. The van der Waals surface area contributed by atoms with Gasteiger partial charge in [-0.25, -0.2) is 9.59 Å². The number of nitro groups is 1. The number of ether oxygens (including phenoxy) is 2. The van der Waals surface area contributed by atoms with Crippen molar-refractivity contribution in [1.82, 2.24) is 10.2 Å². The zero-order valence-electron chi connectivity index (χ0n) is 22.3. The molecule has 2 aromatic carbocycles. The molecule has 2 aliphatic heterocycles. The van der Waals surface area contributed by atoms with Crippen LogP contribution < -0.4 is 5.32 Å². The molecule has 0 saturated carbocycles. The lowest BCUT2D eigenvalue weighted by atomic mass is 9.80. The highest BCUT2D eigenvalue weighted by atomic mass is 19.4. The van der Waals surface area contributed by atoms with Crippen molar-refractivity contribution in [2.24, 2.45) is 0 Å². The number of halogens is 3. The molecule has 11 nitrogen and oxygen atoms in total. The standard InChI is InChI=1S/C28H24F3N3O8/c1-3-41-27(38)22-21(16-8-6-9-17(14-16)34(39)40)20(15(2)32-23(22)28(29,30)31)26(37)42-13-7-12-33-24(35)18-10-4-5-11-19(18)25(33)36/h4-6,8-11,14,21,32H,3,7,12-13H2,1-2H3. The Morgan fingerprint density at radius 3 is 2.19 bits per heavy atom. The summed E-state index contributed by atoms with van der Waals surface area (Å²) in [5.41, 5.74) is -3.27. The number of benzene rings is 2. The summed E-state index contributed by atoms with van der Waals surface area (Å²) < 4.78 is 52.5. The third-order valence-corrected chi connectivity index (χ3v) is 6.61. The van der Waals surface area contributed by atoms with E-state index in [0.717, 1.165) is 17.0 Å². The largest absolute Gasteiger partial charge is 0.463 e. The summed E-state index contributed by atoms with van der Waals surface area (Å²) in [5.74, 6) is -5.23. The molecule has 42 heavy (non-hydrogen) atoms. The Morgan fingerprint density at radius 2 is 1.62 bits per heavy atom. The molecule has 2 heterocycles. The molecule has 1 N–H and O–H groups in total. The van der Waals surface area contributed by atoms with Crippen molar-refractivity contribution in [3.8, 4) is 0 Å². The van der Waals surface area contributed by atoms with Crippen LogP contribution in [0.2, 0.25) is 0 Å². The number of dihydropyridines is 1. The normalized spacial score (nSPS) is 16.8. The second-order valence-corrected chi connectivity index (χ2v) is 9.25. The van der Waals surface area contributed by atoms with Gasteiger partial charge in [0.25, 0.3) is 17.5 Å². The number of carbonyl (C=O) groups excluding carboxylic acids is 4. The van der Waals surface area contributed by atoms with E-state index in [1.54, 1.807) is 12.1 Å². The SMILES string of the molecule is CCOC(=O)C1=C(C(F)(F)F)NC(C)=C(C(=O)OCCCN2C(=O)c3ccccc3C2=O)C1c1cccc([N+](=O)[O-])c1. The van der Waals surface area contributed by atoms with Crippen molar-refractivity contribution < 1.29 is 46.7 Å². The van der Waals surface area contributed by atoms with Crippen LogP contribution in [0.15, 0.2) is 71.1 Å². The third-order valence-electron chi connectivity index (χ3n) is 6.61. The van der Waals surface area contributed by atoms with Crippen molar-refractivity contribution in [3.63, 3.8) is 0 Å². The van der Waals surface area contributed by atoms with E-state index in [2.05, 4.69) is 5.32 Å². The Labute approximate surface area is 236 Å². The third kappa shape index (κ3) is 5.73. The van der Waals surface area contributed by atoms with Crippen LogP contribution >= 0.6 is 0 Å². The summed E-state index contributed by atoms with van der Waals surface area (Å²) in [7, 11) is 0. The summed E-state index contributed by atoms with van der Waals surface area (Å²) in [6, 6.07) is 10.8. The van der Waals surface area contributed by atoms with Gasteiger partial charge < -0.3 is 14.8 Å². The Kier molecular flexibility index (Phi) is 8.45. The minimum Gasteiger partial charge on any atom is -0.463 e. The van der Waals surface area contributed by atoms with Crippen molar-refractivity contribution >= 4 is 29.4 Å². The van der Waals surface area contributed by atoms with Gasteiger partial charge in [0.2, 0.25) is 0 Å². The molecule has 0 aromatic heterocycles. The first-order valence-corrected chi connectivity index (χ1v) is 12.7. The topological polar surface area (TPSA) is 145 Å². The molecule has 220 valence electrons. The minimum atomic E-state index is -5.08. The van der Waals surface area contributed by atoms with E-state index >= 15 is 0 Å². The number of rotatable bonds is 9. The van der Waals surface area contributed by atoms with E-state index in [4.69, 9.17) is 9.47 Å². The summed E-state index contributed by atoms with van der Waals surface area (Å²) in [6.07, 6.45) is -5.07. The lowest BCUT2D eigenvalue weighted by Crippen LogP contribution is -2.38. The van der Waals surface area contributed by atoms with Crippen molar-refractivity contribution in [3.05, 3.63) is 97.9 Å². The number of nitrogens with one attached hydrogen (secondary N) is 1. The maximum atomic E-state index is 14.1. The van der Waals surface area contributed by atoms with Gasteiger partial charge in [-0.2, -0.15) is 13.2 Å². The predicted octanol–water partition coefficient (Wildman–Crippen LogP) is 4.16. The number of hydrogen-bond donors (Lipinski definition) is 1. The molecule has 1 unspecified atom stereocenters. The van der Waals surface area contributed by atoms with Crippen LogP contribution in [0.5, 0.6) is 0 Å². The predicted molar refractivity (Wildman–Crippen MR) is 139 cm³/mol. The van der Waals surface area contributed by atoms with Gasteiger partial charge in [0.15, 0.2) is 0 Å². The van der Waals surface area contributed by atoms with Crippen LogP contribution in [-0.2, 0) is 19.1 Å². The molecular weight excluding hydrogens is 563 g/mol. The monoisotopic (exact) mass is 587 g/mol. The maximum absolute atomic E-state index is 14.1. The fourth-order valence-corrected chi connectivity index (χ4v) is 4.81. The number of nitrogens with zero attached hydrogens (tertiary/aromatic N) is 2. The average molecular weight is 588 g/mol. The van der Waals surface area contributed by atoms with E-state index in [9.17, 15) is 42.5 Å². The van der Waals surface area contributed by atoms with E-state index < -0.39 is 63.3 Å². The number of fused-ring (bicyclic) bond motifs is 1. The van der Waals surface area contributed by atoms with E-state index in [1.807, 2.05) is 0 Å². The van der Waals surface area contributed by atoms with E-state index in [-0.39, 0.29) is 48.6 Å². The number of non-ortho nitro benzene ring substituents is 1. The summed E-state index contributed by atoms with van der Waals surface area (Å²) >= 11 is 0. The van der Waals surface area contributed by atoms with Crippen LogP contribution in [0.25, 0.3) is 0 Å². The quantitative estimate of drug-likeness (QED) is 0.150. The van der Waals surface area contributed by atoms with Crippen LogP contribution in [0.4, 0.5) is 18.9 Å². The molecular formula is C28H24F3N3O8. The fourth-order valence-electron chi connectivity index (χ4n) is 4.81. The van der Waals surface area contributed by atoms with Gasteiger partial charge in [-0.15, -0.1) is 0 Å². The first kappa shape index (κ1) is 30.0. The van der Waals surface area contributed by atoms with Crippen LogP contribution in [0, 0.1) is 10.1 Å². The van der Waals surface area contributed by atoms with Gasteiger partial charge in [-0.3, -0.25) is 24.6 Å². The van der Waals surface area contributed by atoms with Gasteiger partial charge in [0.1, 0.15) is 5.70 Å². The molecule has 0 fully saturated rings. The molecule has 4 rings (SSSR count). The van der Waals surface area contributed by atoms with Gasteiger partial charge in [-0.05, 0) is 38.0 Å². The second kappa shape index (κ2) is 11.8. The fraction of sp³-hybridized carbons (Fsp3) is 0.286. The van der Waals surface area contributed by atoms with Crippen LogP contribution in [0.3, 0.4) is 0 Å². The highest BCUT2D eigenvalue weighted by Crippen LogP contribution is 2.44. The number of esters is 2. The molecule has 14 heteroatoms. The Morgan fingerprint density at radius 1 is 1.00 bits per heavy atom. The number of carbonyl (C=O) groups is 4. The second-order valence-electron chi connectivity index (χ2n) is 9.25. The van der Waals surface area contributed by atoms with Gasteiger partial charge in [-0.1, -0.05) is 24.3 Å². The lowest BCUT2D eigenvalue weighted by Gasteiger charge is -2.32. The summed E-state index contributed by atoms with van der Waals surface area (Å²) in [4.78, 5) is 63.0. The average Bonchev–Trinajstić information content (AvgIpc) is 3.19. The van der Waals surface area contributed by atoms with E-state index in [0.29, 0.717) is 0 Å². The smallest absolute Gasteiger partial charge is 0.431 e. The molecule has 0 saturated heterocycles. The number of alkyl halides is 3. The molecule has 0 spiro atoms. The first-order valence-electron chi connectivity index (χ1n) is 12.7. The molecule has 0 radical (unpaired) electrons. The van der Waals surface area contributed by atoms with E-state index in [1.165, 1.54) is 38.1 Å². The number of hydrogen-bond acceptors (Lipinski definition) is 9. The molecule has 0 bridgehead atoms. The van der Waals surface area contributed by atoms with Gasteiger partial charge in [0.05, 0.1) is 46.3 Å². The highest BCUT2D eigenvalue weighted by molar-refractivity contribution is 6.21. The number of nitro benzene ring substituents is 1. The Balaban J connectivity index is 1.62. The Bertz CT molecular complexity index is 1510. The van der Waals surface area contributed by atoms with Crippen molar-refractivity contribution in [2.45, 2.75) is 32.4 Å². The van der Waals surface area contributed by atoms with Crippen LogP contribution in [0.1, 0.15) is 52.5 Å². The van der Waals surface area contributed by atoms with Crippen molar-refractivity contribution in [1.29, 1.82) is 0 Å². The number of allylic oxidation sites excluding steroid dienone is 2. The minimum absolute atomic E-state index is 0.00676. The lowest BCUT2D eigenvalue weighted by molar-refractivity contribution is -0.384. The summed E-state index contributed by atoms with van der Waals surface area (Å²) in [5, 5.41) is 13.5. The number of imide groups is 1. The van der Waals surface area contributed by atoms with Gasteiger partial charge >= 0.3 is 18.1 Å². The van der Waals surface area contributed by atoms with Crippen molar-refractivity contribution in [2.75, 3.05) is 19.8 Å². The molecule has 2 amide bonds. The molecule has 2 aromatic rings. The highest BCUT2D eigenvalue weighted by Gasteiger charge is 2.47. The maximum Gasteiger partial charge on any atom is 0.431 e.